The zero-order chi connectivity index (χ0) is 43.7. The van der Waals surface area contributed by atoms with Gasteiger partial charge in [-0.2, -0.15) is 0 Å². The van der Waals surface area contributed by atoms with Crippen molar-refractivity contribution in [3.8, 4) is 0 Å². The third-order valence-electron chi connectivity index (χ3n) is 11.6. The number of unbranched alkanes of at least 4 members (excludes halogenated alkanes) is 27. The van der Waals surface area contributed by atoms with Crippen molar-refractivity contribution in [2.75, 3.05) is 19.8 Å². The number of carbonyl (C=O) groups excluding carboxylic acids is 2. The number of aliphatic hydroxyl groups excluding tert-OH is 4. The fraction of sp³-hybridized carbons (Fsp3) is 0.880. The van der Waals surface area contributed by atoms with Crippen LogP contribution in [0.1, 0.15) is 226 Å². The predicted octanol–water partition coefficient (Wildman–Crippen LogP) is 11.3. The quantitative estimate of drug-likeness (QED) is 0.0265. The zero-order valence-corrected chi connectivity index (χ0v) is 38.5. The normalized spacial score (nSPS) is 20.0. The van der Waals surface area contributed by atoms with Crippen molar-refractivity contribution in [3.63, 3.8) is 0 Å². The van der Waals surface area contributed by atoms with E-state index >= 15 is 0 Å². The van der Waals surface area contributed by atoms with Gasteiger partial charge < -0.3 is 39.4 Å². The van der Waals surface area contributed by atoms with E-state index in [4.69, 9.17) is 18.9 Å². The number of hydrogen-bond donors (Lipinski definition) is 4. The summed E-state index contributed by atoms with van der Waals surface area (Å²) in [5.41, 5.74) is 0. The van der Waals surface area contributed by atoms with Gasteiger partial charge in [-0.25, -0.2) is 0 Å². The second kappa shape index (κ2) is 41.2. The van der Waals surface area contributed by atoms with Gasteiger partial charge in [0.2, 0.25) is 0 Å². The second-order valence-electron chi connectivity index (χ2n) is 17.3. The molecular weight excluding hydrogens is 761 g/mol. The molecule has 1 heterocycles. The summed E-state index contributed by atoms with van der Waals surface area (Å²) >= 11 is 0. The maximum atomic E-state index is 12.8. The largest absolute Gasteiger partial charge is 0.462 e. The van der Waals surface area contributed by atoms with Crippen molar-refractivity contribution < 1.29 is 49.0 Å². The summed E-state index contributed by atoms with van der Waals surface area (Å²) in [7, 11) is 0. The average molecular weight is 853 g/mol. The molecule has 0 aromatic carbocycles. The lowest BCUT2D eigenvalue weighted by atomic mass is 9.99. The Morgan fingerprint density at radius 3 is 1.30 bits per heavy atom. The molecular formula is C50H92O10. The van der Waals surface area contributed by atoms with Crippen molar-refractivity contribution >= 4 is 11.9 Å². The first-order valence-electron chi connectivity index (χ1n) is 24.9. The molecule has 0 aromatic heterocycles. The molecule has 1 fully saturated rings. The van der Waals surface area contributed by atoms with E-state index in [1.807, 2.05) is 0 Å². The minimum atomic E-state index is -1.59. The average Bonchev–Trinajstić information content (AvgIpc) is 3.25. The highest BCUT2D eigenvalue weighted by Crippen LogP contribution is 2.23. The van der Waals surface area contributed by atoms with E-state index in [-0.39, 0.29) is 32.0 Å². The first-order chi connectivity index (χ1) is 29.3. The van der Waals surface area contributed by atoms with Crippen molar-refractivity contribution in [1.82, 2.24) is 0 Å². The molecule has 2 unspecified atom stereocenters. The monoisotopic (exact) mass is 853 g/mol. The van der Waals surface area contributed by atoms with Crippen molar-refractivity contribution in [3.05, 3.63) is 24.3 Å². The van der Waals surface area contributed by atoms with Crippen LogP contribution in [-0.2, 0) is 28.5 Å². The molecule has 0 bridgehead atoms. The Hall–Kier alpha value is -1.82. The van der Waals surface area contributed by atoms with Crippen LogP contribution < -0.4 is 0 Å². The molecule has 1 rings (SSSR count). The van der Waals surface area contributed by atoms with E-state index in [0.29, 0.717) is 6.42 Å². The minimum Gasteiger partial charge on any atom is -0.462 e. The van der Waals surface area contributed by atoms with Crippen LogP contribution in [0.5, 0.6) is 0 Å². The number of esters is 2. The number of ether oxygens (including phenoxy) is 4. The van der Waals surface area contributed by atoms with E-state index in [1.165, 1.54) is 135 Å². The number of allylic oxidation sites excluding steroid dienone is 4. The number of rotatable bonds is 42. The van der Waals surface area contributed by atoms with Crippen LogP contribution >= 0.6 is 0 Å². The van der Waals surface area contributed by atoms with E-state index in [2.05, 4.69) is 38.2 Å². The molecule has 60 heavy (non-hydrogen) atoms. The molecule has 1 saturated heterocycles. The summed E-state index contributed by atoms with van der Waals surface area (Å²) < 4.78 is 22.2. The van der Waals surface area contributed by atoms with Crippen molar-refractivity contribution in [2.45, 2.75) is 263 Å². The Morgan fingerprint density at radius 1 is 0.500 bits per heavy atom. The summed E-state index contributed by atoms with van der Waals surface area (Å²) in [4.78, 5) is 25.4. The molecule has 1 aliphatic rings. The van der Waals surface area contributed by atoms with E-state index < -0.39 is 49.4 Å². The van der Waals surface area contributed by atoms with E-state index in [1.54, 1.807) is 0 Å². The van der Waals surface area contributed by atoms with Gasteiger partial charge in [-0.3, -0.25) is 9.59 Å². The number of aliphatic hydroxyl groups is 4. The van der Waals surface area contributed by atoms with Gasteiger partial charge in [0, 0.05) is 12.8 Å². The van der Waals surface area contributed by atoms with Crippen LogP contribution in [0.4, 0.5) is 0 Å². The highest BCUT2D eigenvalue weighted by molar-refractivity contribution is 5.70. The van der Waals surface area contributed by atoms with Gasteiger partial charge in [0.1, 0.15) is 31.0 Å². The van der Waals surface area contributed by atoms with Crippen LogP contribution in [0.2, 0.25) is 0 Å². The fourth-order valence-electron chi connectivity index (χ4n) is 7.59. The molecule has 0 amide bonds. The summed E-state index contributed by atoms with van der Waals surface area (Å²) in [5.74, 6) is -0.809. The molecule has 0 radical (unpaired) electrons. The molecule has 6 atom stereocenters. The third kappa shape index (κ3) is 31.9. The standard InChI is InChI=1S/C50H92O10/c1-3-5-7-9-11-13-15-17-19-20-21-22-23-24-25-27-28-30-32-34-36-38-45(52)57-41-43(42-58-50-49(56)48(55)47(54)44(40-51)60-50)59-46(53)39-37-35-33-31-29-26-18-16-14-12-10-8-6-4-2/h16-19,43-44,47-51,54-56H,3-15,20-42H2,1-2H3/b18-16+,19-17+/t43-,44-,47+,48?,49?,50-/m0/s1. The van der Waals surface area contributed by atoms with Crippen molar-refractivity contribution in [1.29, 1.82) is 0 Å². The summed E-state index contributed by atoms with van der Waals surface area (Å²) in [6.45, 7) is 3.42. The van der Waals surface area contributed by atoms with E-state index in [0.717, 1.165) is 57.8 Å². The first kappa shape index (κ1) is 56.2. The lowest BCUT2D eigenvalue weighted by Gasteiger charge is -2.39. The third-order valence-corrected chi connectivity index (χ3v) is 11.6. The smallest absolute Gasteiger partial charge is 0.306 e. The van der Waals surface area contributed by atoms with Crippen LogP contribution in [0.25, 0.3) is 0 Å². The Balaban J connectivity index is 2.25. The minimum absolute atomic E-state index is 0.218. The molecule has 10 heteroatoms. The maximum Gasteiger partial charge on any atom is 0.306 e. The lowest BCUT2D eigenvalue weighted by Crippen LogP contribution is -2.59. The molecule has 0 aromatic rings. The fourth-order valence-corrected chi connectivity index (χ4v) is 7.59. The van der Waals surface area contributed by atoms with Crippen LogP contribution in [0, 0.1) is 0 Å². The summed E-state index contributed by atoms with van der Waals surface area (Å²) in [5, 5.41) is 40.1. The van der Waals surface area contributed by atoms with Gasteiger partial charge in [0.05, 0.1) is 13.2 Å². The SMILES string of the molecule is CCCCCCC/C=C/CCCCCCCC(=O)O[C@@H](COC(=O)CCCCCCCCCCCCC/C=C/CCCCCCCC)CO[C@H]1O[C@@H](CO)[C@@H](O)C(O)C1O. The highest BCUT2D eigenvalue weighted by Gasteiger charge is 2.44. The summed E-state index contributed by atoms with van der Waals surface area (Å²) in [6, 6.07) is 0. The van der Waals surface area contributed by atoms with Gasteiger partial charge in [-0.05, 0) is 64.2 Å². The number of hydrogen-bond acceptors (Lipinski definition) is 10. The first-order valence-corrected chi connectivity index (χ1v) is 24.9. The molecule has 10 nitrogen and oxygen atoms in total. The Bertz CT molecular complexity index is 1030. The predicted molar refractivity (Wildman–Crippen MR) is 243 cm³/mol. The summed E-state index contributed by atoms with van der Waals surface area (Å²) in [6.07, 6.45) is 39.0. The number of carbonyl (C=O) groups is 2. The maximum absolute atomic E-state index is 12.8. The van der Waals surface area contributed by atoms with Crippen molar-refractivity contribution in [2.24, 2.45) is 0 Å². The lowest BCUT2D eigenvalue weighted by molar-refractivity contribution is -0.305. The Kier molecular flexibility index (Phi) is 38.6. The molecule has 0 saturated carbocycles. The molecule has 1 aliphatic heterocycles. The Labute approximate surface area is 366 Å². The van der Waals surface area contributed by atoms with Gasteiger partial charge in [0.15, 0.2) is 12.4 Å². The topological polar surface area (TPSA) is 152 Å². The second-order valence-corrected chi connectivity index (χ2v) is 17.3. The molecule has 352 valence electrons. The molecule has 4 N–H and O–H groups in total. The van der Waals surface area contributed by atoms with Gasteiger partial charge in [-0.15, -0.1) is 0 Å². The van der Waals surface area contributed by atoms with Crippen LogP contribution in [0.15, 0.2) is 24.3 Å². The Morgan fingerprint density at radius 2 is 0.883 bits per heavy atom. The van der Waals surface area contributed by atoms with Gasteiger partial charge in [-0.1, -0.05) is 173 Å². The van der Waals surface area contributed by atoms with Gasteiger partial charge >= 0.3 is 11.9 Å². The zero-order valence-electron chi connectivity index (χ0n) is 38.5. The van der Waals surface area contributed by atoms with Gasteiger partial charge in [0.25, 0.3) is 0 Å². The van der Waals surface area contributed by atoms with Crippen LogP contribution in [-0.4, -0.2) is 89.0 Å². The highest BCUT2D eigenvalue weighted by atomic mass is 16.7. The molecule has 0 spiro atoms. The van der Waals surface area contributed by atoms with Crippen LogP contribution in [0.3, 0.4) is 0 Å². The van der Waals surface area contributed by atoms with E-state index in [9.17, 15) is 30.0 Å². The molecule has 0 aliphatic carbocycles.